The third-order valence-corrected chi connectivity index (χ3v) is 2.47. The second-order valence-electron chi connectivity index (χ2n) is 4.87. The monoisotopic (exact) mass is 204 g/mol. The quantitative estimate of drug-likeness (QED) is 0.675. The first-order chi connectivity index (χ1) is 6.88. The number of hydrogen-bond donors (Lipinski definition) is 0. The third kappa shape index (κ3) is 2.38. The molecule has 0 aliphatic carbocycles. The average molecular weight is 204 g/mol. The number of nitrogens with zero attached hydrogens (tertiary/aromatic N) is 2. The predicted molar refractivity (Wildman–Crippen MR) is 65.6 cm³/mol. The van der Waals surface area contributed by atoms with Gasteiger partial charge in [0.1, 0.15) is 0 Å². The van der Waals surface area contributed by atoms with Crippen molar-refractivity contribution in [2.75, 3.05) is 0 Å². The summed E-state index contributed by atoms with van der Waals surface area (Å²) in [5.74, 6) is 0. The van der Waals surface area contributed by atoms with Crippen LogP contribution in [0.1, 0.15) is 32.0 Å². The highest BCUT2D eigenvalue weighted by Gasteiger charge is 2.22. The Kier molecular flexibility index (Phi) is 3.18. The molecular formula is C13H20N2. The molecule has 1 rings (SSSR count). The van der Waals surface area contributed by atoms with Crippen LogP contribution in [0.3, 0.4) is 0 Å². The molecule has 0 radical (unpaired) electrons. The molecule has 0 fully saturated rings. The Morgan fingerprint density at radius 1 is 1.47 bits per heavy atom. The van der Waals surface area contributed by atoms with Crippen LogP contribution in [0.25, 0.3) is 5.57 Å². The van der Waals surface area contributed by atoms with E-state index in [1.807, 2.05) is 24.0 Å². The van der Waals surface area contributed by atoms with Crippen LogP contribution in [-0.2, 0) is 7.05 Å². The highest BCUT2D eigenvalue weighted by atomic mass is 15.3. The molecule has 0 aliphatic heterocycles. The second-order valence-corrected chi connectivity index (χ2v) is 4.87. The van der Waals surface area contributed by atoms with Crippen molar-refractivity contribution in [1.29, 1.82) is 0 Å². The minimum atomic E-state index is 0.104. The Bertz CT molecular complexity index is 370. The van der Waals surface area contributed by atoms with E-state index in [0.29, 0.717) is 0 Å². The number of hydrogen-bond acceptors (Lipinski definition) is 1. The molecule has 1 aromatic rings. The average Bonchev–Trinajstić information content (AvgIpc) is 2.41. The van der Waals surface area contributed by atoms with Crippen molar-refractivity contribution in [3.8, 4) is 0 Å². The maximum absolute atomic E-state index is 4.27. The fourth-order valence-electron chi connectivity index (χ4n) is 1.74. The zero-order chi connectivity index (χ0) is 11.6. The highest BCUT2D eigenvalue weighted by molar-refractivity contribution is 5.70. The zero-order valence-corrected chi connectivity index (χ0v) is 10.3. The summed E-state index contributed by atoms with van der Waals surface area (Å²) in [6.45, 7) is 12.5. The molecule has 82 valence electrons. The third-order valence-electron chi connectivity index (χ3n) is 2.47. The fraction of sp³-hybridized carbons (Fsp3) is 0.462. The van der Waals surface area contributed by atoms with Crippen LogP contribution < -0.4 is 0 Å². The normalized spacial score (nSPS) is 13.0. The number of aryl methyl sites for hydroxylation is 2. The van der Waals surface area contributed by atoms with Gasteiger partial charge in [-0.15, -0.1) is 0 Å². The van der Waals surface area contributed by atoms with Crippen molar-refractivity contribution < 1.29 is 0 Å². The molecule has 0 spiro atoms. The summed E-state index contributed by atoms with van der Waals surface area (Å²) in [6, 6.07) is 0. The lowest BCUT2D eigenvalue weighted by molar-refractivity contribution is 0.557. The molecule has 0 atom stereocenters. The van der Waals surface area contributed by atoms with Gasteiger partial charge < -0.3 is 0 Å². The summed E-state index contributed by atoms with van der Waals surface area (Å²) >= 11 is 0. The number of rotatable bonds is 2. The Balaban J connectivity index is 3.35. The minimum Gasteiger partial charge on any atom is -0.268 e. The smallest absolute Gasteiger partial charge is 0.0673 e. The van der Waals surface area contributed by atoms with E-state index in [9.17, 15) is 0 Å². The summed E-state index contributed by atoms with van der Waals surface area (Å²) in [6.07, 6.45) is 5.81. The van der Waals surface area contributed by atoms with Crippen LogP contribution in [0.15, 0.2) is 24.9 Å². The first kappa shape index (κ1) is 11.8. The van der Waals surface area contributed by atoms with Crippen molar-refractivity contribution in [2.45, 2.75) is 27.7 Å². The van der Waals surface area contributed by atoms with Gasteiger partial charge in [-0.1, -0.05) is 39.5 Å². The van der Waals surface area contributed by atoms with Crippen molar-refractivity contribution in [1.82, 2.24) is 9.78 Å². The lowest BCUT2D eigenvalue weighted by Crippen LogP contribution is -2.12. The van der Waals surface area contributed by atoms with E-state index >= 15 is 0 Å². The van der Waals surface area contributed by atoms with Crippen molar-refractivity contribution in [2.24, 2.45) is 12.5 Å². The predicted octanol–water partition coefficient (Wildman–Crippen LogP) is 3.34. The van der Waals surface area contributed by atoms with E-state index in [-0.39, 0.29) is 5.41 Å². The van der Waals surface area contributed by atoms with E-state index in [1.165, 1.54) is 16.8 Å². The minimum absolute atomic E-state index is 0.104. The molecule has 1 aromatic heterocycles. The van der Waals surface area contributed by atoms with Gasteiger partial charge in [-0.25, -0.2) is 0 Å². The van der Waals surface area contributed by atoms with E-state index in [2.05, 4.69) is 45.4 Å². The van der Waals surface area contributed by atoms with Crippen LogP contribution >= 0.6 is 0 Å². The van der Waals surface area contributed by atoms with Gasteiger partial charge in [0.15, 0.2) is 0 Å². The summed E-state index contributed by atoms with van der Waals surface area (Å²) in [5.41, 5.74) is 3.78. The lowest BCUT2D eigenvalue weighted by atomic mass is 9.83. The Morgan fingerprint density at radius 3 is 2.40 bits per heavy atom. The summed E-state index contributed by atoms with van der Waals surface area (Å²) in [4.78, 5) is 0. The van der Waals surface area contributed by atoms with Gasteiger partial charge in [0, 0.05) is 7.05 Å². The van der Waals surface area contributed by atoms with Crippen LogP contribution in [-0.4, -0.2) is 9.78 Å². The van der Waals surface area contributed by atoms with Crippen molar-refractivity contribution in [3.05, 3.63) is 36.2 Å². The topological polar surface area (TPSA) is 17.8 Å². The van der Waals surface area contributed by atoms with Gasteiger partial charge in [0.05, 0.1) is 11.9 Å². The summed E-state index contributed by atoms with van der Waals surface area (Å²) < 4.78 is 1.93. The Labute approximate surface area is 92.3 Å². The maximum atomic E-state index is 4.27. The maximum Gasteiger partial charge on any atom is 0.0673 e. The van der Waals surface area contributed by atoms with Crippen molar-refractivity contribution in [3.63, 3.8) is 0 Å². The Hall–Kier alpha value is -1.31. The second kappa shape index (κ2) is 4.05. The molecule has 0 aromatic carbocycles. The highest BCUT2D eigenvalue weighted by Crippen LogP contribution is 2.35. The van der Waals surface area contributed by atoms with Gasteiger partial charge in [-0.3, -0.25) is 4.68 Å². The molecule has 0 N–H and O–H groups in total. The van der Waals surface area contributed by atoms with E-state index < -0.39 is 0 Å². The fourth-order valence-corrected chi connectivity index (χ4v) is 1.74. The van der Waals surface area contributed by atoms with Gasteiger partial charge in [-0.05, 0) is 23.5 Å². The molecule has 0 unspecified atom stereocenters. The van der Waals surface area contributed by atoms with E-state index in [4.69, 9.17) is 0 Å². The molecule has 2 heteroatoms. The molecule has 0 amide bonds. The molecule has 0 aliphatic rings. The molecule has 15 heavy (non-hydrogen) atoms. The van der Waals surface area contributed by atoms with Crippen LogP contribution in [0.2, 0.25) is 0 Å². The van der Waals surface area contributed by atoms with Gasteiger partial charge in [0.2, 0.25) is 0 Å². The van der Waals surface area contributed by atoms with Crippen LogP contribution in [0.5, 0.6) is 0 Å². The standard InChI is InChI=1S/C13H20N2/c1-7-8-11(13(3,4)5)12-10(2)9-14-15(12)6/h7-9H,1H2,2-6H3/b11-8+. The van der Waals surface area contributed by atoms with Crippen LogP contribution in [0.4, 0.5) is 0 Å². The summed E-state index contributed by atoms with van der Waals surface area (Å²) in [5, 5.41) is 4.27. The van der Waals surface area contributed by atoms with Gasteiger partial charge in [-0.2, -0.15) is 5.10 Å². The van der Waals surface area contributed by atoms with Crippen molar-refractivity contribution >= 4 is 5.57 Å². The number of aromatic nitrogens is 2. The lowest BCUT2D eigenvalue weighted by Gasteiger charge is -2.23. The Morgan fingerprint density at radius 2 is 2.07 bits per heavy atom. The molecular weight excluding hydrogens is 184 g/mol. The molecule has 1 heterocycles. The number of allylic oxidation sites excluding steroid dienone is 3. The molecule has 0 bridgehead atoms. The van der Waals surface area contributed by atoms with Gasteiger partial charge in [0.25, 0.3) is 0 Å². The first-order valence-electron chi connectivity index (χ1n) is 5.20. The largest absolute Gasteiger partial charge is 0.268 e. The first-order valence-corrected chi connectivity index (χ1v) is 5.20. The zero-order valence-electron chi connectivity index (χ0n) is 10.3. The van der Waals surface area contributed by atoms with E-state index in [0.717, 1.165) is 0 Å². The van der Waals surface area contributed by atoms with Gasteiger partial charge >= 0.3 is 0 Å². The molecule has 0 saturated heterocycles. The van der Waals surface area contributed by atoms with E-state index in [1.54, 1.807) is 0 Å². The molecule has 2 nitrogen and oxygen atoms in total. The summed E-state index contributed by atoms with van der Waals surface area (Å²) in [7, 11) is 1.98. The van der Waals surface area contributed by atoms with Crippen LogP contribution in [0, 0.1) is 12.3 Å². The SMILES string of the molecule is C=C/C=C(\c1c(C)cnn1C)C(C)(C)C. The molecule has 0 saturated carbocycles.